The van der Waals surface area contributed by atoms with Crippen LogP contribution in [0.3, 0.4) is 0 Å². The fraction of sp³-hybridized carbons (Fsp3) is 0.250. The molecule has 0 amide bonds. The van der Waals surface area contributed by atoms with E-state index in [4.69, 9.17) is 4.74 Å². The van der Waals surface area contributed by atoms with Gasteiger partial charge in [-0.15, -0.1) is 0 Å². The van der Waals surface area contributed by atoms with Crippen LogP contribution in [0.4, 0.5) is 0 Å². The molecular weight excluding hydrogens is 240 g/mol. The molecule has 0 N–H and O–H groups in total. The van der Waals surface area contributed by atoms with Crippen molar-refractivity contribution in [3.05, 3.63) is 66.2 Å². The van der Waals surface area contributed by atoms with Gasteiger partial charge in [0, 0.05) is 5.75 Å². The number of ether oxygens (including phenoxy) is 1. The van der Waals surface area contributed by atoms with Crippen molar-refractivity contribution >= 4 is 11.8 Å². The van der Waals surface area contributed by atoms with Crippen LogP contribution in [-0.4, -0.2) is 12.4 Å². The van der Waals surface area contributed by atoms with Gasteiger partial charge in [-0.1, -0.05) is 48.5 Å². The van der Waals surface area contributed by atoms with Crippen LogP contribution in [0.5, 0.6) is 5.75 Å². The third kappa shape index (κ3) is 4.84. The Bertz CT molecular complexity index is 384. The molecule has 0 radical (unpaired) electrons. The molecular formula is C16H18OS. The predicted octanol–water partition coefficient (Wildman–Crippen LogP) is 4.39. The number of para-hydroxylation sites is 1. The minimum Gasteiger partial charge on any atom is -0.494 e. The molecule has 94 valence electrons. The lowest BCUT2D eigenvalue weighted by atomic mass is 10.2. The highest BCUT2D eigenvalue weighted by Crippen LogP contribution is 2.13. The molecule has 2 aromatic carbocycles. The van der Waals surface area contributed by atoms with Gasteiger partial charge in [-0.2, -0.15) is 11.8 Å². The normalized spacial score (nSPS) is 10.2. The zero-order chi connectivity index (χ0) is 12.5. The molecule has 0 heterocycles. The largest absolute Gasteiger partial charge is 0.494 e. The molecule has 0 saturated heterocycles. The van der Waals surface area contributed by atoms with Crippen molar-refractivity contribution in [1.82, 2.24) is 0 Å². The Morgan fingerprint density at radius 1 is 0.833 bits per heavy atom. The third-order valence-corrected chi connectivity index (χ3v) is 3.67. The summed E-state index contributed by atoms with van der Waals surface area (Å²) in [6.45, 7) is 0.797. The maximum absolute atomic E-state index is 5.64. The van der Waals surface area contributed by atoms with Gasteiger partial charge in [-0.3, -0.25) is 0 Å². The average molecular weight is 258 g/mol. The molecule has 0 aliphatic heterocycles. The fourth-order valence-corrected chi connectivity index (χ4v) is 2.53. The van der Waals surface area contributed by atoms with E-state index >= 15 is 0 Å². The Balaban J connectivity index is 1.54. The summed E-state index contributed by atoms with van der Waals surface area (Å²) >= 11 is 1.96. The third-order valence-electron chi connectivity index (χ3n) is 2.56. The highest BCUT2D eigenvalue weighted by molar-refractivity contribution is 7.98. The van der Waals surface area contributed by atoms with E-state index in [-0.39, 0.29) is 0 Å². The minimum absolute atomic E-state index is 0.797. The number of benzene rings is 2. The first-order valence-corrected chi connectivity index (χ1v) is 7.40. The minimum atomic E-state index is 0.797. The van der Waals surface area contributed by atoms with Gasteiger partial charge >= 0.3 is 0 Å². The van der Waals surface area contributed by atoms with E-state index in [1.807, 2.05) is 42.1 Å². The standard InChI is InChI=1S/C16H18OS/c1-3-8-15(9-4-1)14-18-13-7-12-17-16-10-5-2-6-11-16/h1-6,8-11H,7,12-14H2. The smallest absolute Gasteiger partial charge is 0.119 e. The van der Waals surface area contributed by atoms with E-state index in [9.17, 15) is 0 Å². The molecule has 0 aliphatic carbocycles. The molecule has 0 spiro atoms. The number of rotatable bonds is 7. The van der Waals surface area contributed by atoms with Gasteiger partial charge in [0.15, 0.2) is 0 Å². The summed E-state index contributed by atoms with van der Waals surface area (Å²) in [4.78, 5) is 0. The second-order valence-corrected chi connectivity index (χ2v) is 5.16. The van der Waals surface area contributed by atoms with Crippen molar-refractivity contribution in [3.8, 4) is 5.75 Å². The lowest BCUT2D eigenvalue weighted by Gasteiger charge is -2.05. The van der Waals surface area contributed by atoms with Crippen LogP contribution in [0, 0.1) is 0 Å². The summed E-state index contributed by atoms with van der Waals surface area (Å²) in [5.41, 5.74) is 1.39. The molecule has 0 atom stereocenters. The van der Waals surface area contributed by atoms with Crippen molar-refractivity contribution in [1.29, 1.82) is 0 Å². The molecule has 1 nitrogen and oxygen atoms in total. The number of hydrogen-bond acceptors (Lipinski definition) is 2. The van der Waals surface area contributed by atoms with Crippen molar-refractivity contribution in [2.75, 3.05) is 12.4 Å². The Morgan fingerprint density at radius 2 is 1.50 bits per heavy atom. The number of thioether (sulfide) groups is 1. The summed E-state index contributed by atoms with van der Waals surface area (Å²) in [7, 11) is 0. The molecule has 18 heavy (non-hydrogen) atoms. The molecule has 0 aliphatic rings. The van der Waals surface area contributed by atoms with Crippen LogP contribution in [-0.2, 0) is 5.75 Å². The average Bonchev–Trinajstić information content (AvgIpc) is 2.45. The maximum Gasteiger partial charge on any atom is 0.119 e. The molecule has 0 unspecified atom stereocenters. The lowest BCUT2D eigenvalue weighted by molar-refractivity contribution is 0.318. The predicted molar refractivity (Wildman–Crippen MR) is 79.2 cm³/mol. The van der Waals surface area contributed by atoms with Crippen LogP contribution in [0.1, 0.15) is 12.0 Å². The van der Waals surface area contributed by atoms with Gasteiger partial charge in [-0.25, -0.2) is 0 Å². The van der Waals surface area contributed by atoms with Crippen molar-refractivity contribution in [2.45, 2.75) is 12.2 Å². The zero-order valence-electron chi connectivity index (χ0n) is 10.4. The highest BCUT2D eigenvalue weighted by atomic mass is 32.2. The monoisotopic (exact) mass is 258 g/mol. The molecule has 0 bridgehead atoms. The SMILES string of the molecule is c1ccc(CSCCCOc2ccccc2)cc1. The van der Waals surface area contributed by atoms with Crippen molar-refractivity contribution in [3.63, 3.8) is 0 Å². The summed E-state index contributed by atoms with van der Waals surface area (Å²) in [5.74, 6) is 3.19. The first kappa shape index (κ1) is 13.0. The van der Waals surface area contributed by atoms with Crippen molar-refractivity contribution in [2.24, 2.45) is 0 Å². The second kappa shape index (κ2) is 7.83. The van der Waals surface area contributed by atoms with E-state index < -0.39 is 0 Å². The lowest BCUT2D eigenvalue weighted by Crippen LogP contribution is -1.98. The summed E-state index contributed by atoms with van der Waals surface area (Å²) in [6.07, 6.45) is 1.09. The van der Waals surface area contributed by atoms with Gasteiger partial charge in [0.05, 0.1) is 6.61 Å². The van der Waals surface area contributed by atoms with Gasteiger partial charge in [0.1, 0.15) is 5.75 Å². The first-order chi connectivity index (χ1) is 8.95. The molecule has 0 aromatic heterocycles. The van der Waals surface area contributed by atoms with Crippen molar-refractivity contribution < 1.29 is 4.74 Å². The van der Waals surface area contributed by atoms with Crippen LogP contribution in [0.2, 0.25) is 0 Å². The Labute approximate surface area is 113 Å². The van der Waals surface area contributed by atoms with Crippen LogP contribution in [0.25, 0.3) is 0 Å². The quantitative estimate of drug-likeness (QED) is 0.681. The van der Waals surface area contributed by atoms with Gasteiger partial charge in [0.25, 0.3) is 0 Å². The molecule has 2 aromatic rings. The van der Waals surface area contributed by atoms with Crippen LogP contribution in [0.15, 0.2) is 60.7 Å². The van der Waals surface area contributed by atoms with Gasteiger partial charge in [0.2, 0.25) is 0 Å². The topological polar surface area (TPSA) is 9.23 Å². The Morgan fingerprint density at radius 3 is 2.22 bits per heavy atom. The first-order valence-electron chi connectivity index (χ1n) is 6.25. The van der Waals surface area contributed by atoms with E-state index in [0.717, 1.165) is 30.3 Å². The zero-order valence-corrected chi connectivity index (χ0v) is 11.2. The summed E-state index contributed by atoms with van der Waals surface area (Å²) in [6, 6.07) is 20.6. The molecule has 0 saturated carbocycles. The van der Waals surface area contributed by atoms with Crippen LogP contribution >= 0.6 is 11.8 Å². The second-order valence-electron chi connectivity index (χ2n) is 4.05. The van der Waals surface area contributed by atoms with Gasteiger partial charge < -0.3 is 4.74 Å². The number of hydrogen-bond donors (Lipinski definition) is 0. The summed E-state index contributed by atoms with van der Waals surface area (Å²) < 4.78 is 5.64. The Kier molecular flexibility index (Phi) is 5.67. The van der Waals surface area contributed by atoms with E-state index in [1.165, 1.54) is 5.56 Å². The molecule has 0 fully saturated rings. The van der Waals surface area contributed by atoms with E-state index in [1.54, 1.807) is 0 Å². The van der Waals surface area contributed by atoms with Crippen LogP contribution < -0.4 is 4.74 Å². The fourth-order valence-electron chi connectivity index (χ4n) is 1.63. The summed E-state index contributed by atoms with van der Waals surface area (Å²) in [5, 5.41) is 0. The van der Waals surface area contributed by atoms with E-state index in [0.29, 0.717) is 0 Å². The Hall–Kier alpha value is -1.41. The van der Waals surface area contributed by atoms with E-state index in [2.05, 4.69) is 30.3 Å². The maximum atomic E-state index is 5.64. The molecule has 2 rings (SSSR count). The highest BCUT2D eigenvalue weighted by Gasteiger charge is 1.94. The molecule has 2 heteroatoms. The van der Waals surface area contributed by atoms with Gasteiger partial charge in [-0.05, 0) is 29.9 Å².